The number of hydrogen-bond donors (Lipinski definition) is 1. The van der Waals surface area contributed by atoms with Crippen molar-refractivity contribution < 1.29 is 4.39 Å². The van der Waals surface area contributed by atoms with Crippen molar-refractivity contribution in [3.05, 3.63) is 40.7 Å². The molecule has 0 saturated heterocycles. The molecule has 16 heavy (non-hydrogen) atoms. The first-order valence-electron chi connectivity index (χ1n) is 5.07. The average molecular weight is 237 g/mol. The van der Waals surface area contributed by atoms with Crippen molar-refractivity contribution in [3.63, 3.8) is 0 Å². The Kier molecular flexibility index (Phi) is 3.46. The van der Waals surface area contributed by atoms with Crippen LogP contribution in [0.1, 0.15) is 24.4 Å². The number of aromatic nitrogens is 2. The molecule has 0 spiro atoms. The van der Waals surface area contributed by atoms with Gasteiger partial charge in [0.1, 0.15) is 16.6 Å². The van der Waals surface area contributed by atoms with E-state index >= 15 is 0 Å². The Labute approximate surface area is 97.4 Å². The Bertz CT molecular complexity index is 427. The van der Waals surface area contributed by atoms with Crippen LogP contribution in [0, 0.1) is 5.82 Å². The normalized spacial score (nSPS) is 12.4. The third kappa shape index (κ3) is 2.55. The number of nitrogens with zero attached hydrogens (tertiary/aromatic N) is 2. The number of rotatable bonds is 4. The summed E-state index contributed by atoms with van der Waals surface area (Å²) in [7, 11) is 0. The van der Waals surface area contributed by atoms with Gasteiger partial charge in [-0.3, -0.25) is 0 Å². The van der Waals surface area contributed by atoms with Crippen LogP contribution in [0.25, 0.3) is 0 Å². The topological polar surface area (TPSA) is 37.8 Å². The minimum absolute atomic E-state index is 0.137. The van der Waals surface area contributed by atoms with Gasteiger partial charge in [0.25, 0.3) is 0 Å². The highest BCUT2D eigenvalue weighted by Gasteiger charge is 2.11. The summed E-state index contributed by atoms with van der Waals surface area (Å²) in [6, 6.07) is 3.16. The van der Waals surface area contributed by atoms with Crippen molar-refractivity contribution in [2.24, 2.45) is 0 Å². The van der Waals surface area contributed by atoms with E-state index in [1.54, 1.807) is 23.6 Å². The van der Waals surface area contributed by atoms with Gasteiger partial charge >= 0.3 is 0 Å². The molecule has 0 aliphatic heterocycles. The molecule has 0 radical (unpaired) electrons. The number of anilines is 1. The van der Waals surface area contributed by atoms with Crippen LogP contribution < -0.4 is 5.32 Å². The summed E-state index contributed by atoms with van der Waals surface area (Å²) in [5.74, 6) is 0.344. The molecule has 0 fully saturated rings. The maximum Gasteiger partial charge on any atom is 0.141 e. The van der Waals surface area contributed by atoms with E-state index in [0.29, 0.717) is 5.82 Å². The molecule has 0 aromatic carbocycles. The van der Waals surface area contributed by atoms with Gasteiger partial charge in [0.05, 0.1) is 12.2 Å². The van der Waals surface area contributed by atoms with E-state index in [0.717, 1.165) is 11.4 Å². The van der Waals surface area contributed by atoms with Crippen molar-refractivity contribution >= 4 is 17.2 Å². The van der Waals surface area contributed by atoms with E-state index in [1.807, 2.05) is 5.38 Å². The van der Waals surface area contributed by atoms with Crippen LogP contribution in [0.2, 0.25) is 0 Å². The molecule has 1 unspecified atom stereocenters. The van der Waals surface area contributed by atoms with Gasteiger partial charge in [0.15, 0.2) is 0 Å². The minimum Gasteiger partial charge on any atom is -0.361 e. The number of hydrogen-bond acceptors (Lipinski definition) is 4. The molecule has 2 heterocycles. The van der Waals surface area contributed by atoms with Crippen LogP contribution >= 0.6 is 11.3 Å². The van der Waals surface area contributed by atoms with Crippen molar-refractivity contribution in [1.82, 2.24) is 9.97 Å². The van der Waals surface area contributed by atoms with Gasteiger partial charge in [-0.1, -0.05) is 6.92 Å². The predicted molar refractivity (Wildman–Crippen MR) is 63.0 cm³/mol. The summed E-state index contributed by atoms with van der Waals surface area (Å²) in [5, 5.41) is 6.19. The summed E-state index contributed by atoms with van der Waals surface area (Å²) < 4.78 is 12.7. The molecular weight excluding hydrogens is 225 g/mol. The molecule has 84 valence electrons. The van der Waals surface area contributed by atoms with Gasteiger partial charge in [-0.2, -0.15) is 0 Å². The lowest BCUT2D eigenvalue weighted by Crippen LogP contribution is -2.10. The maximum absolute atomic E-state index is 12.7. The van der Waals surface area contributed by atoms with Crippen LogP contribution in [0.15, 0.2) is 29.9 Å². The average Bonchev–Trinajstić information content (AvgIpc) is 2.82. The second-order valence-electron chi connectivity index (χ2n) is 3.34. The van der Waals surface area contributed by atoms with Gasteiger partial charge in [-0.25, -0.2) is 14.4 Å². The quantitative estimate of drug-likeness (QED) is 0.887. The molecule has 0 bridgehead atoms. The summed E-state index contributed by atoms with van der Waals surface area (Å²) in [5.41, 5.74) is 0. The summed E-state index contributed by atoms with van der Waals surface area (Å²) in [4.78, 5) is 8.22. The van der Waals surface area contributed by atoms with Gasteiger partial charge in [0.2, 0.25) is 0 Å². The number of nitrogens with one attached hydrogen (secondary N) is 1. The summed E-state index contributed by atoms with van der Waals surface area (Å²) in [6.07, 6.45) is 3.89. The van der Waals surface area contributed by atoms with Gasteiger partial charge in [0, 0.05) is 11.6 Å². The van der Waals surface area contributed by atoms with E-state index in [4.69, 9.17) is 0 Å². The highest BCUT2D eigenvalue weighted by molar-refractivity contribution is 7.09. The summed E-state index contributed by atoms with van der Waals surface area (Å²) in [6.45, 7) is 2.07. The fraction of sp³-hybridized carbons (Fsp3) is 0.273. The summed E-state index contributed by atoms with van der Waals surface area (Å²) >= 11 is 1.60. The predicted octanol–water partition coefficient (Wildman–Crippen LogP) is 3.24. The first kappa shape index (κ1) is 11.0. The van der Waals surface area contributed by atoms with Crippen molar-refractivity contribution in [2.75, 3.05) is 5.32 Å². The molecular formula is C11H12FN3S. The van der Waals surface area contributed by atoms with E-state index in [2.05, 4.69) is 22.2 Å². The Morgan fingerprint density at radius 2 is 2.31 bits per heavy atom. The first-order chi connectivity index (χ1) is 7.79. The van der Waals surface area contributed by atoms with Crippen LogP contribution in [0.5, 0.6) is 0 Å². The van der Waals surface area contributed by atoms with Crippen molar-refractivity contribution in [1.29, 1.82) is 0 Å². The molecule has 0 saturated carbocycles. The van der Waals surface area contributed by atoms with Gasteiger partial charge in [-0.05, 0) is 18.6 Å². The molecule has 2 rings (SSSR count). The molecule has 2 aromatic rings. The Balaban J connectivity index is 2.10. The third-order valence-corrected chi connectivity index (χ3v) is 3.10. The zero-order valence-electron chi connectivity index (χ0n) is 8.85. The lowest BCUT2D eigenvalue weighted by molar-refractivity contribution is 0.621. The lowest BCUT2D eigenvalue weighted by Gasteiger charge is -2.14. The van der Waals surface area contributed by atoms with Crippen LogP contribution in [-0.2, 0) is 0 Å². The zero-order valence-corrected chi connectivity index (χ0v) is 9.67. The molecule has 1 atom stereocenters. The first-order valence-corrected chi connectivity index (χ1v) is 5.95. The molecule has 2 aromatic heterocycles. The molecule has 3 nitrogen and oxygen atoms in total. The highest BCUT2D eigenvalue weighted by Crippen LogP contribution is 2.22. The van der Waals surface area contributed by atoms with Crippen molar-refractivity contribution in [2.45, 2.75) is 19.4 Å². The Morgan fingerprint density at radius 3 is 2.88 bits per heavy atom. The Morgan fingerprint density at radius 1 is 1.44 bits per heavy atom. The van der Waals surface area contributed by atoms with Crippen molar-refractivity contribution in [3.8, 4) is 0 Å². The van der Waals surface area contributed by atoms with E-state index in [-0.39, 0.29) is 11.9 Å². The van der Waals surface area contributed by atoms with Crippen LogP contribution in [0.3, 0.4) is 0 Å². The monoisotopic (exact) mass is 237 g/mol. The minimum atomic E-state index is -0.326. The lowest BCUT2D eigenvalue weighted by atomic mass is 10.2. The molecule has 0 amide bonds. The molecule has 1 N–H and O–H groups in total. The maximum atomic E-state index is 12.7. The number of pyridine rings is 1. The second-order valence-corrected chi connectivity index (χ2v) is 4.26. The third-order valence-electron chi connectivity index (χ3n) is 2.21. The standard InChI is InChI=1S/C11H12FN3S/c1-2-9(11-13-5-6-16-11)15-10-4-3-8(12)7-14-10/h3-7,9H,2H2,1H3,(H,14,15). The highest BCUT2D eigenvalue weighted by atomic mass is 32.1. The van der Waals surface area contributed by atoms with Gasteiger partial charge < -0.3 is 5.32 Å². The Hall–Kier alpha value is -1.49. The van der Waals surface area contributed by atoms with E-state index in [9.17, 15) is 4.39 Å². The van der Waals surface area contributed by atoms with Crippen LogP contribution in [-0.4, -0.2) is 9.97 Å². The van der Waals surface area contributed by atoms with E-state index < -0.39 is 0 Å². The van der Waals surface area contributed by atoms with Crippen LogP contribution in [0.4, 0.5) is 10.2 Å². The fourth-order valence-electron chi connectivity index (χ4n) is 1.38. The number of halogens is 1. The zero-order chi connectivity index (χ0) is 11.4. The molecule has 0 aliphatic carbocycles. The molecule has 0 aliphatic rings. The number of thiazole rings is 1. The molecule has 5 heteroatoms. The fourth-order valence-corrected chi connectivity index (χ4v) is 2.16. The second kappa shape index (κ2) is 5.03. The smallest absolute Gasteiger partial charge is 0.141 e. The SMILES string of the molecule is CCC(Nc1ccc(F)cn1)c1nccs1. The largest absolute Gasteiger partial charge is 0.361 e. The van der Waals surface area contributed by atoms with Gasteiger partial charge in [-0.15, -0.1) is 11.3 Å². The van der Waals surface area contributed by atoms with E-state index in [1.165, 1.54) is 12.3 Å².